The number of carboxylic acid groups (broad SMARTS) is 1. The van der Waals surface area contributed by atoms with Gasteiger partial charge in [0.15, 0.2) is 0 Å². The Bertz CT molecular complexity index is 727. The monoisotopic (exact) mass is 306 g/mol. The summed E-state index contributed by atoms with van der Waals surface area (Å²) in [6.07, 6.45) is 3.19. The first-order chi connectivity index (χ1) is 9.91. The Morgan fingerprint density at radius 1 is 1.14 bits per heavy atom. The molecular formula is C14H14N2O4S. The van der Waals surface area contributed by atoms with Crippen LogP contribution < -0.4 is 0 Å². The predicted octanol–water partition coefficient (Wildman–Crippen LogP) is 1.60. The first kappa shape index (κ1) is 15.1. The fourth-order valence-electron chi connectivity index (χ4n) is 1.78. The smallest absolute Gasteiger partial charge is 0.335 e. The molecule has 0 fully saturated rings. The van der Waals surface area contributed by atoms with Gasteiger partial charge in [-0.15, -0.1) is 0 Å². The van der Waals surface area contributed by atoms with E-state index in [1.165, 1.54) is 35.6 Å². The van der Waals surface area contributed by atoms with Crippen LogP contribution in [0.15, 0.2) is 53.7 Å². The first-order valence-corrected chi connectivity index (χ1v) is 7.54. The third-order valence-electron chi connectivity index (χ3n) is 2.96. The second-order valence-electron chi connectivity index (χ2n) is 4.45. The Morgan fingerprint density at radius 3 is 2.24 bits per heavy atom. The van der Waals surface area contributed by atoms with Crippen molar-refractivity contribution in [3.63, 3.8) is 0 Å². The molecule has 1 N–H and O–H groups in total. The van der Waals surface area contributed by atoms with Crippen molar-refractivity contribution in [1.82, 2.24) is 9.29 Å². The number of aromatic nitrogens is 1. The third-order valence-corrected chi connectivity index (χ3v) is 4.78. The molecule has 1 aromatic heterocycles. The summed E-state index contributed by atoms with van der Waals surface area (Å²) >= 11 is 0. The van der Waals surface area contributed by atoms with E-state index in [0.717, 1.165) is 5.56 Å². The lowest BCUT2D eigenvalue weighted by molar-refractivity contribution is 0.0696. The summed E-state index contributed by atoms with van der Waals surface area (Å²) in [4.78, 5) is 14.7. The number of pyridine rings is 1. The molecule has 1 heterocycles. The maximum atomic E-state index is 12.4. The largest absolute Gasteiger partial charge is 0.478 e. The number of hydrogen-bond acceptors (Lipinski definition) is 4. The van der Waals surface area contributed by atoms with Gasteiger partial charge >= 0.3 is 5.97 Å². The van der Waals surface area contributed by atoms with Crippen molar-refractivity contribution < 1.29 is 18.3 Å². The summed E-state index contributed by atoms with van der Waals surface area (Å²) in [7, 11) is -2.19. The molecule has 21 heavy (non-hydrogen) atoms. The van der Waals surface area contributed by atoms with Gasteiger partial charge in [-0.25, -0.2) is 13.2 Å². The van der Waals surface area contributed by atoms with Gasteiger partial charge in [0.05, 0.1) is 10.5 Å². The molecule has 2 rings (SSSR count). The fraction of sp³-hybridized carbons (Fsp3) is 0.143. The van der Waals surface area contributed by atoms with Crippen molar-refractivity contribution in [2.75, 3.05) is 7.05 Å². The molecule has 0 bridgehead atoms. The summed E-state index contributed by atoms with van der Waals surface area (Å²) in [6, 6.07) is 8.60. The van der Waals surface area contributed by atoms with Crippen LogP contribution in [0.3, 0.4) is 0 Å². The first-order valence-electron chi connectivity index (χ1n) is 6.10. The molecule has 0 aliphatic carbocycles. The minimum absolute atomic E-state index is 0.0470. The summed E-state index contributed by atoms with van der Waals surface area (Å²) in [5.41, 5.74) is 0.865. The molecule has 0 saturated heterocycles. The van der Waals surface area contributed by atoms with E-state index < -0.39 is 16.0 Å². The zero-order valence-corrected chi connectivity index (χ0v) is 12.1. The Morgan fingerprint density at radius 2 is 1.71 bits per heavy atom. The molecule has 7 heteroatoms. The van der Waals surface area contributed by atoms with E-state index in [0.29, 0.717) is 0 Å². The minimum atomic E-state index is -3.66. The quantitative estimate of drug-likeness (QED) is 0.906. The predicted molar refractivity (Wildman–Crippen MR) is 76.3 cm³/mol. The highest BCUT2D eigenvalue weighted by atomic mass is 32.2. The lowest BCUT2D eigenvalue weighted by Gasteiger charge is -2.17. The summed E-state index contributed by atoms with van der Waals surface area (Å²) < 4.78 is 26.0. The molecule has 1 aromatic carbocycles. The van der Waals surface area contributed by atoms with Crippen LogP contribution in [-0.2, 0) is 16.6 Å². The molecule has 0 unspecified atom stereocenters. The van der Waals surface area contributed by atoms with Crippen molar-refractivity contribution in [2.24, 2.45) is 0 Å². The van der Waals surface area contributed by atoms with Gasteiger partial charge < -0.3 is 5.11 Å². The van der Waals surface area contributed by atoms with E-state index in [2.05, 4.69) is 4.98 Å². The van der Waals surface area contributed by atoms with Gasteiger partial charge in [0.25, 0.3) is 0 Å². The van der Waals surface area contributed by atoms with Crippen LogP contribution in [0.2, 0.25) is 0 Å². The van der Waals surface area contributed by atoms with Gasteiger partial charge in [-0.1, -0.05) is 0 Å². The number of benzene rings is 1. The third kappa shape index (κ3) is 3.45. The van der Waals surface area contributed by atoms with Gasteiger partial charge in [0.1, 0.15) is 0 Å². The van der Waals surface area contributed by atoms with Crippen molar-refractivity contribution in [1.29, 1.82) is 0 Å². The Balaban J connectivity index is 2.22. The molecule has 0 spiro atoms. The standard InChI is InChI=1S/C14H14N2O4S/c1-16(10-11-6-8-15-9-7-11)21(19,20)13-4-2-12(3-5-13)14(17)18/h2-9H,10H2,1H3,(H,17,18). The Hall–Kier alpha value is -2.25. The number of nitrogens with zero attached hydrogens (tertiary/aromatic N) is 2. The number of hydrogen-bond donors (Lipinski definition) is 1. The van der Waals surface area contributed by atoms with Crippen molar-refractivity contribution in [3.05, 3.63) is 59.9 Å². The van der Waals surface area contributed by atoms with E-state index in [1.807, 2.05) is 0 Å². The normalized spacial score (nSPS) is 11.5. The molecule has 0 aliphatic rings. The Labute approximate surface area is 122 Å². The average molecular weight is 306 g/mol. The van der Waals surface area contributed by atoms with Gasteiger partial charge in [0, 0.05) is 26.0 Å². The Kier molecular flexibility index (Phi) is 4.35. The molecule has 0 radical (unpaired) electrons. The molecule has 110 valence electrons. The number of carbonyl (C=O) groups is 1. The highest BCUT2D eigenvalue weighted by Gasteiger charge is 2.21. The zero-order valence-electron chi connectivity index (χ0n) is 11.3. The summed E-state index contributed by atoms with van der Waals surface area (Å²) in [5.74, 6) is -1.09. The van der Waals surface area contributed by atoms with Gasteiger partial charge in [0.2, 0.25) is 10.0 Å². The van der Waals surface area contributed by atoms with Crippen LogP contribution in [-0.4, -0.2) is 35.8 Å². The summed E-state index contributed by atoms with van der Waals surface area (Å²) in [6.45, 7) is 0.214. The molecule has 0 atom stereocenters. The molecule has 0 amide bonds. The molecule has 0 saturated carbocycles. The van der Waals surface area contributed by atoms with Crippen LogP contribution in [0, 0.1) is 0 Å². The van der Waals surface area contributed by atoms with Crippen LogP contribution >= 0.6 is 0 Å². The average Bonchev–Trinajstić information content (AvgIpc) is 2.48. The number of aromatic carboxylic acids is 1. The fourth-order valence-corrected chi connectivity index (χ4v) is 2.94. The second-order valence-corrected chi connectivity index (χ2v) is 6.49. The maximum absolute atomic E-state index is 12.4. The highest BCUT2D eigenvalue weighted by Crippen LogP contribution is 2.17. The molecule has 6 nitrogen and oxygen atoms in total. The van der Waals surface area contributed by atoms with E-state index >= 15 is 0 Å². The molecule has 2 aromatic rings. The summed E-state index contributed by atoms with van der Waals surface area (Å²) in [5, 5.41) is 8.82. The van der Waals surface area contributed by atoms with Crippen LogP contribution in [0.4, 0.5) is 0 Å². The lowest BCUT2D eigenvalue weighted by atomic mass is 10.2. The maximum Gasteiger partial charge on any atom is 0.335 e. The van der Waals surface area contributed by atoms with Crippen LogP contribution in [0.1, 0.15) is 15.9 Å². The molecule has 0 aliphatic heterocycles. The number of rotatable bonds is 5. The highest BCUT2D eigenvalue weighted by molar-refractivity contribution is 7.89. The van der Waals surface area contributed by atoms with E-state index in [-0.39, 0.29) is 17.0 Å². The molecular weight excluding hydrogens is 292 g/mol. The lowest BCUT2D eigenvalue weighted by Crippen LogP contribution is -2.26. The van der Waals surface area contributed by atoms with Gasteiger partial charge in [-0.05, 0) is 42.0 Å². The van der Waals surface area contributed by atoms with Crippen LogP contribution in [0.5, 0.6) is 0 Å². The second kappa shape index (κ2) is 6.02. The van der Waals surface area contributed by atoms with E-state index in [9.17, 15) is 13.2 Å². The van der Waals surface area contributed by atoms with E-state index in [4.69, 9.17) is 5.11 Å². The number of carboxylic acids is 1. The zero-order chi connectivity index (χ0) is 15.5. The SMILES string of the molecule is CN(Cc1ccncc1)S(=O)(=O)c1ccc(C(=O)O)cc1. The topological polar surface area (TPSA) is 87.6 Å². The number of sulfonamides is 1. The van der Waals surface area contributed by atoms with Gasteiger partial charge in [-0.3, -0.25) is 4.98 Å². The van der Waals surface area contributed by atoms with Crippen molar-refractivity contribution in [3.8, 4) is 0 Å². The van der Waals surface area contributed by atoms with Crippen molar-refractivity contribution >= 4 is 16.0 Å². The van der Waals surface area contributed by atoms with E-state index in [1.54, 1.807) is 24.5 Å². The van der Waals surface area contributed by atoms with Crippen LogP contribution in [0.25, 0.3) is 0 Å². The van der Waals surface area contributed by atoms with Gasteiger partial charge in [-0.2, -0.15) is 4.31 Å². The van der Waals surface area contributed by atoms with Crippen molar-refractivity contribution in [2.45, 2.75) is 11.4 Å². The minimum Gasteiger partial charge on any atom is -0.478 e.